The standard InChI is InChI=1S/C20H25N3O3S/c1-11(2)23-8-7-13-16(10-23)27-20-17(13)19(24)21-18(22-20)12-5-6-14(25-3)15(9-12)26-4/h5-6,9,11,18,22H,7-8,10H2,1-4H3,(H,21,24)/t18-/m0/s1. The first-order valence-electron chi connectivity index (χ1n) is 9.19. The first-order valence-corrected chi connectivity index (χ1v) is 10.0. The van der Waals surface area contributed by atoms with Gasteiger partial charge < -0.3 is 20.1 Å². The first-order chi connectivity index (χ1) is 13.0. The number of hydrogen-bond acceptors (Lipinski definition) is 6. The zero-order valence-corrected chi connectivity index (χ0v) is 16.9. The van der Waals surface area contributed by atoms with Gasteiger partial charge in [0.2, 0.25) is 0 Å². The van der Waals surface area contributed by atoms with E-state index < -0.39 is 0 Å². The molecule has 2 aliphatic rings. The highest BCUT2D eigenvalue weighted by atomic mass is 32.1. The Labute approximate surface area is 163 Å². The average molecular weight is 388 g/mol. The molecule has 0 bridgehead atoms. The van der Waals surface area contributed by atoms with Crippen molar-refractivity contribution in [1.82, 2.24) is 10.2 Å². The summed E-state index contributed by atoms with van der Waals surface area (Å²) in [5.41, 5.74) is 2.97. The number of anilines is 1. The van der Waals surface area contributed by atoms with E-state index in [1.165, 1.54) is 10.4 Å². The van der Waals surface area contributed by atoms with Crippen LogP contribution in [-0.2, 0) is 13.0 Å². The molecule has 0 radical (unpaired) electrons. The van der Waals surface area contributed by atoms with E-state index in [0.717, 1.165) is 35.6 Å². The number of nitrogens with one attached hydrogen (secondary N) is 2. The fourth-order valence-corrected chi connectivity index (χ4v) is 5.07. The summed E-state index contributed by atoms with van der Waals surface area (Å²) in [5, 5.41) is 7.57. The molecule has 0 unspecified atom stereocenters. The molecule has 3 heterocycles. The van der Waals surface area contributed by atoms with Gasteiger partial charge >= 0.3 is 0 Å². The van der Waals surface area contributed by atoms with E-state index in [-0.39, 0.29) is 12.1 Å². The van der Waals surface area contributed by atoms with Crippen molar-refractivity contribution in [2.24, 2.45) is 0 Å². The largest absolute Gasteiger partial charge is 0.493 e. The third-order valence-electron chi connectivity index (χ3n) is 5.34. The monoisotopic (exact) mass is 387 g/mol. The summed E-state index contributed by atoms with van der Waals surface area (Å²) in [6.07, 6.45) is 0.640. The quantitative estimate of drug-likeness (QED) is 0.842. The zero-order valence-electron chi connectivity index (χ0n) is 16.1. The lowest BCUT2D eigenvalue weighted by Gasteiger charge is -2.31. The van der Waals surface area contributed by atoms with Gasteiger partial charge in [-0.1, -0.05) is 6.07 Å². The number of hydrogen-bond donors (Lipinski definition) is 2. The number of thiophene rings is 1. The highest BCUT2D eigenvalue weighted by Crippen LogP contribution is 2.41. The Hall–Kier alpha value is -2.25. The van der Waals surface area contributed by atoms with Crippen molar-refractivity contribution in [2.75, 3.05) is 26.1 Å². The third kappa shape index (κ3) is 3.15. The van der Waals surface area contributed by atoms with Gasteiger partial charge in [-0.25, -0.2) is 0 Å². The van der Waals surface area contributed by atoms with Crippen LogP contribution in [0.4, 0.5) is 5.00 Å². The van der Waals surface area contributed by atoms with Crippen LogP contribution in [0.1, 0.15) is 46.4 Å². The molecule has 27 heavy (non-hydrogen) atoms. The molecule has 0 aliphatic carbocycles. The summed E-state index contributed by atoms with van der Waals surface area (Å²) in [6.45, 7) is 6.36. The Balaban J connectivity index is 1.64. The number of ether oxygens (including phenoxy) is 2. The fourth-order valence-electron chi connectivity index (χ4n) is 3.78. The fraction of sp³-hybridized carbons (Fsp3) is 0.450. The molecular formula is C20H25N3O3S. The van der Waals surface area contributed by atoms with Gasteiger partial charge in [0, 0.05) is 24.0 Å². The number of amides is 1. The molecule has 1 aromatic heterocycles. The van der Waals surface area contributed by atoms with Crippen LogP contribution in [0.2, 0.25) is 0 Å². The first kappa shape index (κ1) is 18.1. The van der Waals surface area contributed by atoms with Crippen LogP contribution >= 0.6 is 11.3 Å². The van der Waals surface area contributed by atoms with Crippen LogP contribution < -0.4 is 20.1 Å². The van der Waals surface area contributed by atoms with Gasteiger partial charge in [0.15, 0.2) is 11.5 Å². The summed E-state index contributed by atoms with van der Waals surface area (Å²) in [4.78, 5) is 16.6. The Kier molecular flexibility index (Phi) is 4.74. The molecule has 0 saturated heterocycles. The molecule has 1 atom stereocenters. The van der Waals surface area contributed by atoms with Crippen molar-refractivity contribution in [2.45, 2.75) is 39.0 Å². The summed E-state index contributed by atoms with van der Waals surface area (Å²) in [7, 11) is 3.22. The molecule has 0 fully saturated rings. The zero-order chi connectivity index (χ0) is 19.1. The van der Waals surface area contributed by atoms with Crippen LogP contribution in [-0.4, -0.2) is 37.6 Å². The Morgan fingerprint density at radius 2 is 1.96 bits per heavy atom. The lowest BCUT2D eigenvalue weighted by atomic mass is 9.99. The number of fused-ring (bicyclic) bond motifs is 3. The molecule has 0 spiro atoms. The Bertz CT molecular complexity index is 878. The lowest BCUT2D eigenvalue weighted by Crippen LogP contribution is -2.39. The van der Waals surface area contributed by atoms with Gasteiger partial charge in [0.05, 0.1) is 19.8 Å². The molecule has 4 rings (SSSR count). The molecule has 7 heteroatoms. The molecule has 2 aliphatic heterocycles. The van der Waals surface area contributed by atoms with Gasteiger partial charge in [-0.05, 0) is 43.5 Å². The van der Waals surface area contributed by atoms with Crippen LogP contribution in [0.3, 0.4) is 0 Å². The minimum atomic E-state index is -0.286. The molecule has 144 valence electrons. The van der Waals surface area contributed by atoms with Gasteiger partial charge in [-0.2, -0.15) is 0 Å². The van der Waals surface area contributed by atoms with E-state index in [2.05, 4.69) is 29.4 Å². The number of nitrogens with zero attached hydrogens (tertiary/aromatic N) is 1. The summed E-state index contributed by atoms with van der Waals surface area (Å²) < 4.78 is 10.7. The van der Waals surface area contributed by atoms with Crippen LogP contribution in [0.15, 0.2) is 18.2 Å². The minimum Gasteiger partial charge on any atom is -0.493 e. The average Bonchev–Trinajstić information content (AvgIpc) is 3.05. The molecule has 1 amide bonds. The van der Waals surface area contributed by atoms with Crippen molar-refractivity contribution in [3.8, 4) is 11.5 Å². The molecule has 1 aromatic carbocycles. The molecule has 2 N–H and O–H groups in total. The van der Waals surface area contributed by atoms with E-state index in [0.29, 0.717) is 17.5 Å². The van der Waals surface area contributed by atoms with Crippen LogP contribution in [0.25, 0.3) is 0 Å². The van der Waals surface area contributed by atoms with Crippen LogP contribution in [0.5, 0.6) is 11.5 Å². The Morgan fingerprint density at radius 1 is 1.19 bits per heavy atom. The highest BCUT2D eigenvalue weighted by Gasteiger charge is 2.33. The second-order valence-electron chi connectivity index (χ2n) is 7.19. The maximum absolute atomic E-state index is 12.9. The molecule has 2 aromatic rings. The Morgan fingerprint density at radius 3 is 2.67 bits per heavy atom. The molecule has 0 saturated carbocycles. The van der Waals surface area contributed by atoms with Crippen molar-refractivity contribution in [3.05, 3.63) is 39.8 Å². The van der Waals surface area contributed by atoms with E-state index in [1.54, 1.807) is 25.6 Å². The maximum Gasteiger partial charge on any atom is 0.256 e. The normalized spacial score (nSPS) is 19.1. The third-order valence-corrected chi connectivity index (χ3v) is 6.48. The molecule has 6 nitrogen and oxygen atoms in total. The lowest BCUT2D eigenvalue weighted by molar-refractivity contribution is 0.0934. The van der Waals surface area contributed by atoms with Crippen molar-refractivity contribution in [1.29, 1.82) is 0 Å². The number of benzene rings is 1. The number of methoxy groups -OCH3 is 2. The van der Waals surface area contributed by atoms with Gasteiger partial charge in [0.25, 0.3) is 5.91 Å². The smallest absolute Gasteiger partial charge is 0.256 e. The molecular weight excluding hydrogens is 362 g/mol. The number of rotatable bonds is 4. The van der Waals surface area contributed by atoms with Crippen molar-refractivity contribution < 1.29 is 14.3 Å². The summed E-state index contributed by atoms with van der Waals surface area (Å²) >= 11 is 1.71. The second-order valence-corrected chi connectivity index (χ2v) is 8.29. The predicted molar refractivity (Wildman–Crippen MR) is 107 cm³/mol. The topological polar surface area (TPSA) is 62.8 Å². The van der Waals surface area contributed by atoms with Gasteiger partial charge in [-0.15, -0.1) is 11.3 Å². The van der Waals surface area contributed by atoms with E-state index in [1.807, 2.05) is 18.2 Å². The van der Waals surface area contributed by atoms with E-state index in [9.17, 15) is 4.79 Å². The van der Waals surface area contributed by atoms with Crippen molar-refractivity contribution >= 4 is 22.2 Å². The highest BCUT2D eigenvalue weighted by molar-refractivity contribution is 7.16. The SMILES string of the molecule is COc1ccc([C@H]2NC(=O)c3c(sc4c3CCN(C(C)C)C4)N2)cc1OC. The number of carbonyl (C=O) groups is 1. The van der Waals surface area contributed by atoms with Gasteiger partial charge in [-0.3, -0.25) is 9.69 Å². The van der Waals surface area contributed by atoms with E-state index in [4.69, 9.17) is 9.47 Å². The summed E-state index contributed by atoms with van der Waals surface area (Å²) in [6, 6.07) is 6.21. The number of carbonyl (C=O) groups excluding carboxylic acids is 1. The van der Waals surface area contributed by atoms with E-state index >= 15 is 0 Å². The predicted octanol–water partition coefficient (Wildman–Crippen LogP) is 3.39. The summed E-state index contributed by atoms with van der Waals surface area (Å²) in [5.74, 6) is 1.32. The maximum atomic E-state index is 12.9. The second kappa shape index (κ2) is 7.05. The minimum absolute atomic E-state index is 0.000896. The van der Waals surface area contributed by atoms with Crippen LogP contribution in [0, 0.1) is 0 Å². The van der Waals surface area contributed by atoms with Gasteiger partial charge in [0.1, 0.15) is 11.2 Å². The van der Waals surface area contributed by atoms with Crippen molar-refractivity contribution in [3.63, 3.8) is 0 Å².